The van der Waals surface area contributed by atoms with E-state index in [1.165, 1.54) is 0 Å². The summed E-state index contributed by atoms with van der Waals surface area (Å²) in [6.45, 7) is 5.55. The molecule has 144 valence electrons. The zero-order valence-electron chi connectivity index (χ0n) is 15.8. The molecule has 0 radical (unpaired) electrons. The summed E-state index contributed by atoms with van der Waals surface area (Å²) in [5, 5.41) is 10.5. The van der Waals surface area contributed by atoms with Gasteiger partial charge in [-0.1, -0.05) is 31.1 Å². The fourth-order valence-corrected chi connectivity index (χ4v) is 2.24. The first-order chi connectivity index (χ1) is 12.1. The lowest BCUT2D eigenvalue weighted by Crippen LogP contribution is -2.37. The van der Waals surface area contributed by atoms with Crippen molar-refractivity contribution in [3.05, 3.63) is 41.5 Å². The van der Waals surface area contributed by atoms with Gasteiger partial charge in [0.05, 0.1) is 7.11 Å². The minimum absolute atomic E-state index is 0. The van der Waals surface area contributed by atoms with Crippen molar-refractivity contribution < 1.29 is 9.26 Å². The minimum Gasteiger partial charge on any atom is -0.497 e. The van der Waals surface area contributed by atoms with Gasteiger partial charge < -0.3 is 19.9 Å². The van der Waals surface area contributed by atoms with Crippen molar-refractivity contribution in [1.29, 1.82) is 0 Å². The third-order valence-corrected chi connectivity index (χ3v) is 3.68. The van der Waals surface area contributed by atoms with E-state index in [1.807, 2.05) is 38.1 Å². The summed E-state index contributed by atoms with van der Waals surface area (Å²) in [6.07, 6.45) is 1.64. The smallest absolute Gasteiger partial charge is 0.226 e. The van der Waals surface area contributed by atoms with Crippen LogP contribution in [0.5, 0.6) is 5.75 Å². The first-order valence-electron chi connectivity index (χ1n) is 8.52. The van der Waals surface area contributed by atoms with Gasteiger partial charge in [0, 0.05) is 32.5 Å². The Bertz CT molecular complexity index is 688. The number of ether oxygens (including phenoxy) is 1. The number of methoxy groups -OCH3 is 1. The van der Waals surface area contributed by atoms with Gasteiger partial charge >= 0.3 is 0 Å². The molecule has 0 fully saturated rings. The fourth-order valence-electron chi connectivity index (χ4n) is 2.24. The molecule has 0 atom stereocenters. The second-order valence-corrected chi connectivity index (χ2v) is 6.01. The maximum atomic E-state index is 5.24. The molecule has 2 rings (SSSR count). The van der Waals surface area contributed by atoms with Crippen LogP contribution in [0.15, 0.2) is 33.8 Å². The minimum atomic E-state index is 0. The number of hydrogen-bond acceptors (Lipinski definition) is 5. The maximum absolute atomic E-state index is 5.24. The number of aromatic nitrogens is 2. The van der Waals surface area contributed by atoms with E-state index in [-0.39, 0.29) is 29.9 Å². The van der Waals surface area contributed by atoms with Gasteiger partial charge in [-0.3, -0.25) is 4.99 Å². The highest BCUT2D eigenvalue weighted by Gasteiger charge is 2.09. The second-order valence-electron chi connectivity index (χ2n) is 6.01. The standard InChI is InChI=1S/C18H27N5O2.HI/c1-13(2)17-22-16(25-23-17)9-6-10-20-18(19-3)21-12-14-7-5-8-15(11-14)24-4;/h5,7-8,11,13H,6,9-10,12H2,1-4H3,(H2,19,20,21);1H. The van der Waals surface area contributed by atoms with E-state index < -0.39 is 0 Å². The zero-order valence-corrected chi connectivity index (χ0v) is 18.1. The van der Waals surface area contributed by atoms with E-state index in [1.54, 1.807) is 14.2 Å². The fraction of sp³-hybridized carbons (Fsp3) is 0.500. The molecule has 26 heavy (non-hydrogen) atoms. The van der Waals surface area contributed by atoms with Crippen LogP contribution < -0.4 is 15.4 Å². The number of benzene rings is 1. The molecule has 0 amide bonds. The molecule has 0 aliphatic heterocycles. The molecule has 2 aromatic rings. The molecule has 2 N–H and O–H groups in total. The summed E-state index contributed by atoms with van der Waals surface area (Å²) in [4.78, 5) is 8.60. The molecular formula is C18H28IN5O2. The zero-order chi connectivity index (χ0) is 18.1. The Morgan fingerprint density at radius 3 is 2.77 bits per heavy atom. The highest BCUT2D eigenvalue weighted by molar-refractivity contribution is 14.0. The Labute approximate surface area is 172 Å². The molecule has 0 spiro atoms. The van der Waals surface area contributed by atoms with Crippen LogP contribution in [0, 0.1) is 0 Å². The molecule has 0 saturated carbocycles. The number of guanidine groups is 1. The second kappa shape index (κ2) is 11.7. The third kappa shape index (κ3) is 7.19. The maximum Gasteiger partial charge on any atom is 0.226 e. The van der Waals surface area contributed by atoms with Crippen LogP contribution in [0.25, 0.3) is 0 Å². The lowest BCUT2D eigenvalue weighted by Gasteiger charge is -2.12. The van der Waals surface area contributed by atoms with Crippen LogP contribution in [0.4, 0.5) is 0 Å². The van der Waals surface area contributed by atoms with Crippen molar-refractivity contribution in [3.63, 3.8) is 0 Å². The summed E-state index contributed by atoms with van der Waals surface area (Å²) in [6, 6.07) is 7.95. The number of nitrogens with zero attached hydrogens (tertiary/aromatic N) is 3. The number of nitrogens with one attached hydrogen (secondary N) is 2. The summed E-state index contributed by atoms with van der Waals surface area (Å²) in [5.41, 5.74) is 1.13. The number of rotatable bonds is 8. The number of halogens is 1. The summed E-state index contributed by atoms with van der Waals surface area (Å²) < 4.78 is 10.5. The van der Waals surface area contributed by atoms with Gasteiger partial charge in [0.25, 0.3) is 0 Å². The molecule has 1 aromatic carbocycles. The van der Waals surface area contributed by atoms with Gasteiger partial charge in [-0.05, 0) is 24.1 Å². The van der Waals surface area contributed by atoms with Crippen molar-refractivity contribution in [2.24, 2.45) is 4.99 Å². The van der Waals surface area contributed by atoms with E-state index in [0.29, 0.717) is 12.4 Å². The summed E-state index contributed by atoms with van der Waals surface area (Å²) >= 11 is 0. The lowest BCUT2D eigenvalue weighted by atomic mass is 10.2. The lowest BCUT2D eigenvalue weighted by molar-refractivity contribution is 0.368. The number of aliphatic imine (C=N–C) groups is 1. The number of hydrogen-bond donors (Lipinski definition) is 2. The van der Waals surface area contributed by atoms with Crippen molar-refractivity contribution in [1.82, 2.24) is 20.8 Å². The van der Waals surface area contributed by atoms with Gasteiger partial charge in [-0.15, -0.1) is 24.0 Å². The molecule has 0 aliphatic rings. The predicted molar refractivity (Wildman–Crippen MR) is 113 cm³/mol. The molecule has 0 aliphatic carbocycles. The SMILES string of the molecule is CN=C(NCCCc1nc(C(C)C)no1)NCc1cccc(OC)c1.I. The molecule has 1 heterocycles. The molecular weight excluding hydrogens is 445 g/mol. The highest BCUT2D eigenvalue weighted by atomic mass is 127. The van der Waals surface area contributed by atoms with E-state index >= 15 is 0 Å². The van der Waals surface area contributed by atoms with Gasteiger partial charge in [-0.2, -0.15) is 4.98 Å². The van der Waals surface area contributed by atoms with Crippen molar-refractivity contribution in [2.45, 2.75) is 39.2 Å². The van der Waals surface area contributed by atoms with E-state index in [9.17, 15) is 0 Å². The largest absolute Gasteiger partial charge is 0.497 e. The molecule has 0 bridgehead atoms. The van der Waals surface area contributed by atoms with Crippen LogP contribution in [-0.4, -0.2) is 36.8 Å². The Kier molecular flexibility index (Phi) is 10.0. The quantitative estimate of drug-likeness (QED) is 0.265. The Morgan fingerprint density at radius 1 is 1.31 bits per heavy atom. The first-order valence-corrected chi connectivity index (χ1v) is 8.52. The topological polar surface area (TPSA) is 84.6 Å². The van der Waals surface area contributed by atoms with Crippen LogP contribution >= 0.6 is 24.0 Å². The normalized spacial score (nSPS) is 11.2. The van der Waals surface area contributed by atoms with E-state index in [2.05, 4.69) is 25.8 Å². The molecule has 7 nitrogen and oxygen atoms in total. The van der Waals surface area contributed by atoms with Crippen LogP contribution in [0.3, 0.4) is 0 Å². The summed E-state index contributed by atoms with van der Waals surface area (Å²) in [5.74, 6) is 3.35. The Morgan fingerprint density at radius 2 is 2.12 bits per heavy atom. The predicted octanol–water partition coefficient (Wildman–Crippen LogP) is 3.12. The van der Waals surface area contributed by atoms with Gasteiger partial charge in [-0.25, -0.2) is 0 Å². The average Bonchev–Trinajstić information content (AvgIpc) is 3.10. The van der Waals surface area contributed by atoms with E-state index in [4.69, 9.17) is 9.26 Å². The molecule has 1 aromatic heterocycles. The number of aryl methyl sites for hydroxylation is 1. The van der Waals surface area contributed by atoms with Crippen molar-refractivity contribution in [3.8, 4) is 5.75 Å². The molecule has 0 unspecified atom stereocenters. The summed E-state index contributed by atoms with van der Waals surface area (Å²) in [7, 11) is 3.42. The van der Waals surface area contributed by atoms with Crippen molar-refractivity contribution >= 4 is 29.9 Å². The monoisotopic (exact) mass is 473 g/mol. The van der Waals surface area contributed by atoms with Crippen LogP contribution in [0.1, 0.15) is 43.5 Å². The van der Waals surface area contributed by atoms with Gasteiger partial charge in [0.2, 0.25) is 5.89 Å². The van der Waals surface area contributed by atoms with Gasteiger partial charge in [0.15, 0.2) is 11.8 Å². The third-order valence-electron chi connectivity index (χ3n) is 3.68. The Balaban J connectivity index is 0.00000338. The Hall–Kier alpha value is -1.84. The van der Waals surface area contributed by atoms with Crippen molar-refractivity contribution in [2.75, 3.05) is 20.7 Å². The molecule has 0 saturated heterocycles. The first kappa shape index (κ1) is 22.2. The molecule has 8 heteroatoms. The van der Waals surface area contributed by atoms with Gasteiger partial charge in [0.1, 0.15) is 5.75 Å². The van der Waals surface area contributed by atoms with Crippen LogP contribution in [0.2, 0.25) is 0 Å². The highest BCUT2D eigenvalue weighted by Crippen LogP contribution is 2.12. The van der Waals surface area contributed by atoms with Crippen LogP contribution in [-0.2, 0) is 13.0 Å². The average molecular weight is 473 g/mol. The van der Waals surface area contributed by atoms with E-state index in [0.717, 1.165) is 42.5 Å².